The average molecular weight is 590 g/mol. The summed E-state index contributed by atoms with van der Waals surface area (Å²) in [6.07, 6.45) is 1.38. The van der Waals surface area contributed by atoms with Gasteiger partial charge in [-0.1, -0.05) is 62.3 Å². The molecule has 0 heterocycles. The molecule has 0 spiro atoms. The summed E-state index contributed by atoms with van der Waals surface area (Å²) in [6, 6.07) is 14.6. The fourth-order valence-corrected chi connectivity index (χ4v) is 3.71. The number of hydrogen-bond donors (Lipinski definition) is 2. The van der Waals surface area contributed by atoms with Crippen molar-refractivity contribution in [1.82, 2.24) is 5.43 Å². The van der Waals surface area contributed by atoms with Crippen LogP contribution in [-0.2, 0) is 4.79 Å². The third-order valence-corrected chi connectivity index (χ3v) is 5.89. The van der Waals surface area contributed by atoms with Crippen LogP contribution in [0.15, 0.2) is 64.2 Å². The van der Waals surface area contributed by atoms with E-state index in [0.29, 0.717) is 26.9 Å². The molecule has 3 aromatic carbocycles. The molecule has 2 amide bonds. The van der Waals surface area contributed by atoms with E-state index < -0.39 is 5.91 Å². The predicted molar refractivity (Wildman–Crippen MR) is 136 cm³/mol. The molecule has 2 N–H and O–H groups in total. The van der Waals surface area contributed by atoms with Gasteiger partial charge >= 0.3 is 0 Å². The Balaban J connectivity index is 1.58. The molecule has 0 saturated heterocycles. The maximum atomic E-state index is 12.1. The molecule has 170 valence electrons. The lowest BCUT2D eigenvalue weighted by atomic mass is 10.2. The quantitative estimate of drug-likeness (QED) is 0.234. The summed E-state index contributed by atoms with van der Waals surface area (Å²) in [6.45, 7) is -0.337. The Morgan fingerprint density at radius 2 is 1.58 bits per heavy atom. The maximum Gasteiger partial charge on any atom is 0.271 e. The Bertz CT molecular complexity index is 1200. The highest BCUT2D eigenvalue weighted by molar-refractivity contribution is 9.10. The van der Waals surface area contributed by atoms with Gasteiger partial charge in [-0.05, 0) is 60.2 Å². The highest BCUT2D eigenvalue weighted by atomic mass is 79.9. The minimum Gasteiger partial charge on any atom is -0.481 e. The Morgan fingerprint density at radius 3 is 2.21 bits per heavy atom. The molecule has 0 bridgehead atoms. The zero-order chi connectivity index (χ0) is 24.0. The molecule has 0 aromatic heterocycles. The Hall–Kier alpha value is -2.29. The van der Waals surface area contributed by atoms with Gasteiger partial charge in [0.25, 0.3) is 11.8 Å². The summed E-state index contributed by atoms with van der Waals surface area (Å²) < 4.78 is 6.33. The number of amides is 2. The third-order valence-electron chi connectivity index (χ3n) is 4.06. The van der Waals surface area contributed by atoms with E-state index >= 15 is 0 Å². The molecule has 11 heteroatoms. The van der Waals surface area contributed by atoms with Gasteiger partial charge in [-0.15, -0.1) is 0 Å². The van der Waals surface area contributed by atoms with E-state index in [-0.39, 0.29) is 28.3 Å². The van der Waals surface area contributed by atoms with Crippen molar-refractivity contribution >= 4 is 86.1 Å². The number of benzene rings is 3. The van der Waals surface area contributed by atoms with Crippen LogP contribution in [0.2, 0.25) is 20.1 Å². The summed E-state index contributed by atoms with van der Waals surface area (Å²) in [5.41, 5.74) is 3.86. The largest absolute Gasteiger partial charge is 0.481 e. The van der Waals surface area contributed by atoms with Crippen LogP contribution in [-0.4, -0.2) is 24.6 Å². The number of hydrogen-bond acceptors (Lipinski definition) is 4. The Morgan fingerprint density at radius 1 is 0.909 bits per heavy atom. The summed E-state index contributed by atoms with van der Waals surface area (Å²) in [4.78, 5) is 24.2. The lowest BCUT2D eigenvalue weighted by molar-refractivity contribution is -0.118. The highest BCUT2D eigenvalue weighted by Gasteiger charge is 2.12. The van der Waals surface area contributed by atoms with E-state index in [1.165, 1.54) is 24.4 Å². The summed E-state index contributed by atoms with van der Waals surface area (Å²) in [5, 5.41) is 7.57. The smallest absolute Gasteiger partial charge is 0.271 e. The molecule has 3 aromatic rings. The first kappa shape index (κ1) is 25.3. The molecule has 0 atom stereocenters. The van der Waals surface area contributed by atoms with Crippen molar-refractivity contribution in [2.45, 2.75) is 0 Å². The number of carbonyl (C=O) groups excluding carboxylic acids is 2. The fraction of sp³-hybridized carbons (Fsp3) is 0.0455. The van der Waals surface area contributed by atoms with Crippen LogP contribution < -0.4 is 15.5 Å². The van der Waals surface area contributed by atoms with Gasteiger partial charge in [0.1, 0.15) is 0 Å². The second kappa shape index (κ2) is 11.7. The van der Waals surface area contributed by atoms with Crippen LogP contribution in [0, 0.1) is 0 Å². The minimum absolute atomic E-state index is 0.138. The molecular formula is C22H14BrCl4N3O3. The van der Waals surface area contributed by atoms with Crippen LogP contribution in [0.3, 0.4) is 0 Å². The Kier molecular flexibility index (Phi) is 9.00. The normalized spacial score (nSPS) is 10.8. The van der Waals surface area contributed by atoms with Gasteiger partial charge in [-0.3, -0.25) is 9.59 Å². The molecule has 33 heavy (non-hydrogen) atoms. The molecule has 0 fully saturated rings. The van der Waals surface area contributed by atoms with Crippen molar-refractivity contribution in [1.29, 1.82) is 0 Å². The zero-order valence-corrected chi connectivity index (χ0v) is 21.2. The van der Waals surface area contributed by atoms with Crippen molar-refractivity contribution < 1.29 is 14.3 Å². The van der Waals surface area contributed by atoms with Gasteiger partial charge in [0, 0.05) is 15.7 Å². The maximum absolute atomic E-state index is 12.1. The first-order valence-corrected chi connectivity index (χ1v) is 11.5. The molecule has 0 aliphatic heterocycles. The summed E-state index contributed by atoms with van der Waals surface area (Å²) >= 11 is 27.6. The van der Waals surface area contributed by atoms with E-state index in [4.69, 9.17) is 51.1 Å². The van der Waals surface area contributed by atoms with E-state index in [2.05, 4.69) is 31.8 Å². The number of nitrogens with zero attached hydrogens (tertiary/aromatic N) is 1. The first-order chi connectivity index (χ1) is 15.7. The van der Waals surface area contributed by atoms with Gasteiger partial charge < -0.3 is 10.1 Å². The SMILES string of the molecule is O=C(COc1c(Cl)cc(/C=N/NC(=O)c2ccc(Br)cc2)cc1Cl)Nc1ccc(Cl)c(Cl)c1. The summed E-state index contributed by atoms with van der Waals surface area (Å²) in [5.74, 6) is -0.677. The van der Waals surface area contributed by atoms with Gasteiger partial charge in [0.2, 0.25) is 0 Å². The van der Waals surface area contributed by atoms with Crippen molar-refractivity contribution in [2.24, 2.45) is 5.10 Å². The lowest BCUT2D eigenvalue weighted by Gasteiger charge is -2.11. The van der Waals surface area contributed by atoms with Crippen molar-refractivity contribution in [3.8, 4) is 5.75 Å². The minimum atomic E-state index is -0.443. The monoisotopic (exact) mass is 587 g/mol. The highest BCUT2D eigenvalue weighted by Crippen LogP contribution is 2.34. The van der Waals surface area contributed by atoms with Gasteiger partial charge in [-0.25, -0.2) is 5.43 Å². The van der Waals surface area contributed by atoms with Crippen LogP contribution in [0.4, 0.5) is 5.69 Å². The molecule has 6 nitrogen and oxygen atoms in total. The van der Waals surface area contributed by atoms with Crippen LogP contribution >= 0.6 is 62.3 Å². The van der Waals surface area contributed by atoms with E-state index in [1.54, 1.807) is 36.4 Å². The molecule has 0 radical (unpaired) electrons. The van der Waals surface area contributed by atoms with Crippen LogP contribution in [0.25, 0.3) is 0 Å². The van der Waals surface area contributed by atoms with Gasteiger partial charge in [0.15, 0.2) is 12.4 Å². The second-order valence-electron chi connectivity index (χ2n) is 6.49. The number of nitrogens with one attached hydrogen (secondary N) is 2. The molecule has 0 saturated carbocycles. The number of anilines is 1. The van der Waals surface area contributed by atoms with Crippen molar-refractivity contribution in [3.63, 3.8) is 0 Å². The van der Waals surface area contributed by atoms with E-state index in [9.17, 15) is 9.59 Å². The average Bonchev–Trinajstić information content (AvgIpc) is 2.76. The van der Waals surface area contributed by atoms with Gasteiger partial charge in [-0.2, -0.15) is 5.10 Å². The zero-order valence-electron chi connectivity index (χ0n) is 16.5. The third kappa shape index (κ3) is 7.35. The van der Waals surface area contributed by atoms with Gasteiger partial charge in [0.05, 0.1) is 26.3 Å². The number of rotatable bonds is 7. The molecule has 0 aliphatic carbocycles. The topological polar surface area (TPSA) is 79.8 Å². The van der Waals surface area contributed by atoms with E-state index in [1.807, 2.05) is 0 Å². The van der Waals surface area contributed by atoms with E-state index in [0.717, 1.165) is 4.47 Å². The number of ether oxygens (including phenoxy) is 1. The fourth-order valence-electron chi connectivity index (χ4n) is 2.53. The standard InChI is InChI=1S/C22H14BrCl4N3O3/c23-14-3-1-13(2-4-14)22(32)30-28-10-12-7-18(26)21(19(27)8-12)33-11-20(31)29-15-5-6-16(24)17(25)9-15/h1-10H,11H2,(H,29,31)(H,30,32)/b28-10+. The lowest BCUT2D eigenvalue weighted by Crippen LogP contribution is -2.20. The molecule has 3 rings (SSSR count). The predicted octanol–water partition coefficient (Wildman–Crippen LogP) is 6.84. The summed E-state index contributed by atoms with van der Waals surface area (Å²) in [7, 11) is 0. The van der Waals surface area contributed by atoms with Crippen molar-refractivity contribution in [3.05, 3.63) is 90.3 Å². The van der Waals surface area contributed by atoms with Crippen LogP contribution in [0.1, 0.15) is 15.9 Å². The Labute approximate surface area is 217 Å². The molecule has 0 unspecified atom stereocenters. The number of carbonyl (C=O) groups is 2. The molecule has 0 aliphatic rings. The van der Waals surface area contributed by atoms with Crippen LogP contribution in [0.5, 0.6) is 5.75 Å². The molecular weight excluding hydrogens is 576 g/mol. The first-order valence-electron chi connectivity index (χ1n) is 9.18. The second-order valence-corrected chi connectivity index (χ2v) is 9.03. The number of hydrazone groups is 1. The van der Waals surface area contributed by atoms with Crippen molar-refractivity contribution in [2.75, 3.05) is 11.9 Å². The number of halogens is 5.